The van der Waals surface area contributed by atoms with Crippen LogP contribution in [0.15, 0.2) is 42.5 Å². The van der Waals surface area contributed by atoms with Crippen LogP contribution in [-0.2, 0) is 14.3 Å². The molecule has 2 aliphatic rings. The van der Waals surface area contributed by atoms with Crippen LogP contribution in [-0.4, -0.2) is 53.8 Å². The third kappa shape index (κ3) is 8.71. The molecule has 3 rings (SSSR count). The smallest absolute Gasteiger partial charge is 0.306 e. The van der Waals surface area contributed by atoms with Crippen molar-refractivity contribution >= 4 is 5.97 Å². The summed E-state index contributed by atoms with van der Waals surface area (Å²) in [5, 5.41) is 20.9. The number of para-hydroxylation sites is 1. The Balaban J connectivity index is 1.38. The van der Waals surface area contributed by atoms with Crippen LogP contribution in [0.25, 0.3) is 0 Å². The maximum absolute atomic E-state index is 11.6. The summed E-state index contributed by atoms with van der Waals surface area (Å²) in [6, 6.07) is 9.45. The molecule has 0 amide bonds. The molecule has 1 saturated heterocycles. The van der Waals surface area contributed by atoms with E-state index in [4.69, 9.17) is 14.2 Å². The molecule has 0 unspecified atom stereocenters. The summed E-state index contributed by atoms with van der Waals surface area (Å²) in [5.74, 6) is 1.44. The zero-order valence-electron chi connectivity index (χ0n) is 20.7. The molecule has 1 aromatic carbocycles. The third-order valence-corrected chi connectivity index (χ3v) is 6.92. The summed E-state index contributed by atoms with van der Waals surface area (Å²) in [5.41, 5.74) is 0. The maximum atomic E-state index is 11.6. The number of hydrogen-bond donors (Lipinski definition) is 2. The fourth-order valence-electron chi connectivity index (χ4n) is 5.15. The monoisotopic (exact) mass is 474 g/mol. The molecule has 6 nitrogen and oxygen atoms in total. The van der Waals surface area contributed by atoms with Crippen LogP contribution in [0.4, 0.5) is 0 Å². The Hall–Kier alpha value is -1.89. The first kappa shape index (κ1) is 26.7. The number of unbranched alkanes of at least 4 members (excludes halogenated alkanes) is 2. The lowest BCUT2D eigenvalue weighted by Crippen LogP contribution is -2.22. The molecule has 1 aliphatic heterocycles. The molecule has 0 bridgehead atoms. The largest absolute Gasteiger partial charge is 0.491 e. The number of aliphatic hydroxyl groups excluding tert-OH is 2. The van der Waals surface area contributed by atoms with Gasteiger partial charge in [0.05, 0.1) is 18.3 Å². The first-order valence-electron chi connectivity index (χ1n) is 13.0. The Kier molecular flexibility index (Phi) is 10.9. The van der Waals surface area contributed by atoms with Gasteiger partial charge in [0, 0.05) is 25.4 Å². The Morgan fingerprint density at radius 2 is 1.97 bits per heavy atom. The highest BCUT2D eigenvalue weighted by Gasteiger charge is 2.43. The van der Waals surface area contributed by atoms with Gasteiger partial charge in [0.25, 0.3) is 0 Å². The van der Waals surface area contributed by atoms with E-state index >= 15 is 0 Å². The van der Waals surface area contributed by atoms with Crippen molar-refractivity contribution in [1.82, 2.24) is 0 Å². The second kappa shape index (κ2) is 13.9. The van der Waals surface area contributed by atoms with E-state index in [0.717, 1.165) is 50.9 Å². The van der Waals surface area contributed by atoms with Crippen molar-refractivity contribution in [2.75, 3.05) is 13.2 Å². The van der Waals surface area contributed by atoms with Crippen LogP contribution in [0.2, 0.25) is 0 Å². The van der Waals surface area contributed by atoms with Gasteiger partial charge in [-0.25, -0.2) is 0 Å². The van der Waals surface area contributed by atoms with Crippen molar-refractivity contribution < 1.29 is 29.2 Å². The molecule has 34 heavy (non-hydrogen) atoms. The van der Waals surface area contributed by atoms with E-state index in [1.165, 1.54) is 0 Å². The van der Waals surface area contributed by atoms with Gasteiger partial charge in [-0.3, -0.25) is 4.79 Å². The van der Waals surface area contributed by atoms with Gasteiger partial charge in [0.1, 0.15) is 18.5 Å². The topological polar surface area (TPSA) is 85.2 Å². The van der Waals surface area contributed by atoms with Crippen LogP contribution in [0, 0.1) is 17.8 Å². The summed E-state index contributed by atoms with van der Waals surface area (Å²) in [4.78, 5) is 11.6. The Labute approximate surface area is 204 Å². The fourth-order valence-corrected chi connectivity index (χ4v) is 5.15. The van der Waals surface area contributed by atoms with E-state index in [-0.39, 0.29) is 36.6 Å². The number of rotatable bonds is 12. The van der Waals surface area contributed by atoms with Crippen molar-refractivity contribution in [2.45, 2.75) is 89.6 Å². The average molecular weight is 475 g/mol. The third-order valence-electron chi connectivity index (χ3n) is 6.92. The summed E-state index contributed by atoms with van der Waals surface area (Å²) in [6.45, 7) is 4.68. The Morgan fingerprint density at radius 3 is 2.74 bits per heavy atom. The molecule has 190 valence electrons. The zero-order chi connectivity index (χ0) is 24.3. The SMILES string of the molecule is CC(C)OC(=O)CCCCC[C@H]1CC[C@@H]2[C@@H](C=C[C@@H](O)COc3ccccc3)[C@H](O)C[C@@H]2OC1. The van der Waals surface area contributed by atoms with Crippen LogP contribution in [0.3, 0.4) is 0 Å². The standard InChI is InChI=1S/C28H42O6/c1-20(2)34-28(31)12-8-3-5-9-21-13-15-25-24(26(30)17-27(25)33-18-21)16-14-22(29)19-32-23-10-6-4-7-11-23/h4,6-7,10-11,14,16,20-22,24-27,29-30H,3,5,8-9,12-13,15,17-19H2,1-2H3/t21-,22+,24+,25+,26+,27-/m0/s1. The summed E-state index contributed by atoms with van der Waals surface area (Å²) < 4.78 is 17.0. The molecule has 0 aromatic heterocycles. The fraction of sp³-hybridized carbons (Fsp3) is 0.679. The molecular formula is C28H42O6. The molecule has 1 heterocycles. The minimum Gasteiger partial charge on any atom is -0.491 e. The van der Waals surface area contributed by atoms with Crippen molar-refractivity contribution in [3.8, 4) is 5.75 Å². The summed E-state index contributed by atoms with van der Waals surface area (Å²) in [6.07, 6.45) is 9.99. The van der Waals surface area contributed by atoms with Gasteiger partial charge in [0.2, 0.25) is 0 Å². The lowest BCUT2D eigenvalue weighted by atomic mass is 9.86. The van der Waals surface area contributed by atoms with Crippen molar-refractivity contribution in [3.63, 3.8) is 0 Å². The molecule has 6 atom stereocenters. The zero-order valence-corrected chi connectivity index (χ0v) is 20.7. The predicted octanol–water partition coefficient (Wildman–Crippen LogP) is 4.68. The van der Waals surface area contributed by atoms with Gasteiger partial charge >= 0.3 is 5.97 Å². The average Bonchev–Trinajstić information content (AvgIpc) is 2.97. The van der Waals surface area contributed by atoms with Gasteiger partial charge in [-0.15, -0.1) is 0 Å². The van der Waals surface area contributed by atoms with Crippen molar-refractivity contribution in [2.24, 2.45) is 17.8 Å². The number of esters is 1. The van der Waals surface area contributed by atoms with Gasteiger partial charge in [-0.1, -0.05) is 43.2 Å². The van der Waals surface area contributed by atoms with E-state index in [1.54, 1.807) is 6.08 Å². The highest BCUT2D eigenvalue weighted by molar-refractivity contribution is 5.69. The molecule has 6 heteroatoms. The van der Waals surface area contributed by atoms with Gasteiger partial charge in [-0.05, 0) is 63.5 Å². The number of fused-ring (bicyclic) bond motifs is 1. The quantitative estimate of drug-likeness (QED) is 0.260. The minimum absolute atomic E-state index is 0.00194. The van der Waals surface area contributed by atoms with Gasteiger partial charge < -0.3 is 24.4 Å². The molecule has 1 saturated carbocycles. The second-order valence-corrected chi connectivity index (χ2v) is 10.1. The lowest BCUT2D eigenvalue weighted by Gasteiger charge is -2.21. The van der Waals surface area contributed by atoms with Crippen LogP contribution in [0.5, 0.6) is 5.75 Å². The van der Waals surface area contributed by atoms with Crippen molar-refractivity contribution in [3.05, 3.63) is 42.5 Å². The highest BCUT2D eigenvalue weighted by Crippen LogP contribution is 2.42. The molecule has 0 spiro atoms. The van der Waals surface area contributed by atoms with E-state index in [1.807, 2.05) is 50.3 Å². The number of aliphatic hydroxyl groups is 2. The Bertz CT molecular complexity index is 749. The summed E-state index contributed by atoms with van der Waals surface area (Å²) in [7, 11) is 0. The van der Waals surface area contributed by atoms with E-state index in [0.29, 0.717) is 18.8 Å². The highest BCUT2D eigenvalue weighted by atomic mass is 16.5. The van der Waals surface area contributed by atoms with Crippen LogP contribution >= 0.6 is 0 Å². The predicted molar refractivity (Wildman–Crippen MR) is 131 cm³/mol. The maximum Gasteiger partial charge on any atom is 0.306 e. The minimum atomic E-state index is -0.719. The molecule has 1 aliphatic carbocycles. The first-order valence-corrected chi connectivity index (χ1v) is 13.0. The number of carbonyl (C=O) groups excluding carboxylic acids is 1. The summed E-state index contributed by atoms with van der Waals surface area (Å²) >= 11 is 0. The van der Waals surface area contributed by atoms with E-state index < -0.39 is 12.2 Å². The molecule has 2 N–H and O–H groups in total. The molecule has 0 radical (unpaired) electrons. The molecule has 2 fully saturated rings. The van der Waals surface area contributed by atoms with Crippen molar-refractivity contribution in [1.29, 1.82) is 0 Å². The van der Waals surface area contributed by atoms with Gasteiger partial charge in [0.15, 0.2) is 0 Å². The number of benzene rings is 1. The van der Waals surface area contributed by atoms with E-state index in [2.05, 4.69) is 0 Å². The number of hydrogen-bond acceptors (Lipinski definition) is 6. The second-order valence-electron chi connectivity index (χ2n) is 10.1. The van der Waals surface area contributed by atoms with Crippen LogP contribution in [0.1, 0.15) is 65.2 Å². The van der Waals surface area contributed by atoms with Gasteiger partial charge in [-0.2, -0.15) is 0 Å². The van der Waals surface area contributed by atoms with Crippen LogP contribution < -0.4 is 4.74 Å². The number of carbonyl (C=O) groups is 1. The first-order chi connectivity index (χ1) is 16.4. The van der Waals surface area contributed by atoms with E-state index in [9.17, 15) is 15.0 Å². The Morgan fingerprint density at radius 1 is 1.18 bits per heavy atom. The molecule has 1 aromatic rings. The molecular weight excluding hydrogens is 432 g/mol. The lowest BCUT2D eigenvalue weighted by molar-refractivity contribution is -0.147. The normalized spacial score (nSPS) is 28.0. The number of ether oxygens (including phenoxy) is 3.